The minimum absolute atomic E-state index is 0.0630. The second-order valence-electron chi connectivity index (χ2n) is 11.8. The lowest BCUT2D eigenvalue weighted by molar-refractivity contribution is -0.140. The van der Waals surface area contributed by atoms with Gasteiger partial charge in [0.1, 0.15) is 6.04 Å². The van der Waals surface area contributed by atoms with Crippen LogP contribution in [0.3, 0.4) is 0 Å². The molecule has 2 amide bonds. The predicted octanol–water partition coefficient (Wildman–Crippen LogP) is 3.32. The molecule has 4 rings (SSSR count). The van der Waals surface area contributed by atoms with Crippen molar-refractivity contribution in [1.82, 2.24) is 10.2 Å². The average molecular weight is 522 g/mol. The average Bonchev–Trinajstić information content (AvgIpc) is 3.25. The molecule has 1 unspecified atom stereocenters. The zero-order chi connectivity index (χ0) is 27.3. The van der Waals surface area contributed by atoms with E-state index in [0.29, 0.717) is 26.1 Å². The number of amides is 2. The number of nitrogens with one attached hydrogen (secondary N) is 1. The molecule has 1 aliphatic carbocycles. The second-order valence-corrected chi connectivity index (χ2v) is 11.8. The summed E-state index contributed by atoms with van der Waals surface area (Å²) in [7, 11) is 0. The van der Waals surface area contributed by atoms with Crippen LogP contribution in [0, 0.1) is 5.41 Å². The van der Waals surface area contributed by atoms with Gasteiger partial charge in [-0.05, 0) is 66.5 Å². The molecule has 1 heterocycles. The minimum atomic E-state index is -0.874. The summed E-state index contributed by atoms with van der Waals surface area (Å²) in [4.78, 5) is 28.8. The molecule has 1 fully saturated rings. The largest absolute Gasteiger partial charge is 0.393 e. The molecule has 3 atom stereocenters. The number of fused-ring (bicyclic) bond motifs is 2. The Morgan fingerprint density at radius 2 is 1.74 bits per heavy atom. The Balaban J connectivity index is 1.43. The number of benzene rings is 2. The first-order valence-electron chi connectivity index (χ1n) is 13.8. The molecule has 7 nitrogen and oxygen atoms in total. The van der Waals surface area contributed by atoms with Crippen LogP contribution in [0.4, 0.5) is 0 Å². The highest BCUT2D eigenvalue weighted by atomic mass is 16.5. The number of carbonyl (C=O) groups excluding carboxylic acids is 2. The van der Waals surface area contributed by atoms with Gasteiger partial charge < -0.3 is 25.8 Å². The van der Waals surface area contributed by atoms with E-state index in [4.69, 9.17) is 10.5 Å². The number of aliphatic hydroxyl groups excluding tert-OH is 1. The van der Waals surface area contributed by atoms with Crippen molar-refractivity contribution in [3.05, 3.63) is 71.3 Å². The fraction of sp³-hybridized carbons (Fsp3) is 0.548. The maximum atomic E-state index is 13.7. The summed E-state index contributed by atoms with van der Waals surface area (Å²) in [6, 6.07) is 16.7. The monoisotopic (exact) mass is 521 g/mol. The van der Waals surface area contributed by atoms with Crippen molar-refractivity contribution >= 4 is 11.8 Å². The van der Waals surface area contributed by atoms with Gasteiger partial charge in [0.15, 0.2) is 0 Å². The van der Waals surface area contributed by atoms with E-state index in [2.05, 4.69) is 29.6 Å². The maximum absolute atomic E-state index is 13.7. The Kier molecular flexibility index (Phi) is 8.91. The van der Waals surface area contributed by atoms with Crippen LogP contribution in [-0.4, -0.2) is 59.7 Å². The third kappa shape index (κ3) is 6.45. The van der Waals surface area contributed by atoms with Gasteiger partial charge in [0.25, 0.3) is 0 Å². The molecular formula is C31H43N3O4. The predicted molar refractivity (Wildman–Crippen MR) is 148 cm³/mol. The number of piperidine rings is 1. The van der Waals surface area contributed by atoms with Gasteiger partial charge in [-0.2, -0.15) is 0 Å². The van der Waals surface area contributed by atoms with Crippen molar-refractivity contribution in [2.75, 3.05) is 19.7 Å². The minimum Gasteiger partial charge on any atom is -0.393 e. The zero-order valence-electron chi connectivity index (χ0n) is 23.0. The molecule has 0 aromatic heterocycles. The zero-order valence-corrected chi connectivity index (χ0v) is 23.0. The highest BCUT2D eigenvalue weighted by Gasteiger charge is 2.43. The van der Waals surface area contributed by atoms with E-state index in [1.807, 2.05) is 49.1 Å². The highest BCUT2D eigenvalue weighted by molar-refractivity contribution is 5.90. The number of hydrogen-bond donors (Lipinski definition) is 3. The molecule has 2 aromatic rings. The van der Waals surface area contributed by atoms with Crippen molar-refractivity contribution in [1.29, 1.82) is 0 Å². The first kappa shape index (κ1) is 28.3. The van der Waals surface area contributed by atoms with Gasteiger partial charge in [-0.15, -0.1) is 0 Å². The van der Waals surface area contributed by atoms with Crippen LogP contribution in [0.1, 0.15) is 63.1 Å². The maximum Gasteiger partial charge on any atom is 0.247 e. The standard InChI is InChI=1S/C31H43N3O4/c1-22(35)19-30(2,3)27(32)28(36)33-26(21-38-20-23-9-5-4-6-10-23)29(37)34-17-15-31(16-18-34)14-13-24-11-7-8-12-25(24)31/h4-12,22,26-27,35H,13-21,32H2,1-3H3,(H,33,36)/t22-,26-,27?/m1/s1. The second kappa shape index (κ2) is 12.0. The van der Waals surface area contributed by atoms with E-state index in [9.17, 15) is 14.7 Å². The number of nitrogens with two attached hydrogens (primary N) is 1. The molecule has 1 spiro atoms. The van der Waals surface area contributed by atoms with Gasteiger partial charge in [-0.1, -0.05) is 68.4 Å². The molecule has 0 radical (unpaired) electrons. The fourth-order valence-corrected chi connectivity index (χ4v) is 6.21. The van der Waals surface area contributed by atoms with Crippen molar-refractivity contribution in [3.8, 4) is 0 Å². The van der Waals surface area contributed by atoms with E-state index < -0.39 is 29.5 Å². The third-order valence-corrected chi connectivity index (χ3v) is 8.45. The Hall–Kier alpha value is -2.74. The molecular weight excluding hydrogens is 478 g/mol. The van der Waals surface area contributed by atoms with E-state index in [-0.39, 0.29) is 17.9 Å². The number of aliphatic hydroxyl groups is 1. The molecule has 0 bridgehead atoms. The molecule has 38 heavy (non-hydrogen) atoms. The van der Waals surface area contributed by atoms with Gasteiger partial charge in [0.05, 0.1) is 25.4 Å². The fourth-order valence-electron chi connectivity index (χ4n) is 6.21. The molecule has 206 valence electrons. The van der Waals surface area contributed by atoms with Gasteiger partial charge in [-0.3, -0.25) is 9.59 Å². The summed E-state index contributed by atoms with van der Waals surface area (Å²) < 4.78 is 5.92. The number of carbonyl (C=O) groups is 2. The third-order valence-electron chi connectivity index (χ3n) is 8.45. The van der Waals surface area contributed by atoms with Gasteiger partial charge in [0.2, 0.25) is 11.8 Å². The molecule has 0 saturated carbocycles. The smallest absolute Gasteiger partial charge is 0.247 e. The first-order chi connectivity index (χ1) is 18.1. The Labute approximate surface area is 226 Å². The Morgan fingerprint density at radius 3 is 2.42 bits per heavy atom. The van der Waals surface area contributed by atoms with E-state index in [1.165, 1.54) is 11.1 Å². The summed E-state index contributed by atoms with van der Waals surface area (Å²) in [5.41, 5.74) is 9.70. The molecule has 7 heteroatoms. The van der Waals surface area contributed by atoms with E-state index >= 15 is 0 Å². The van der Waals surface area contributed by atoms with Crippen LogP contribution in [0.2, 0.25) is 0 Å². The van der Waals surface area contributed by atoms with Crippen molar-refractivity contribution in [3.63, 3.8) is 0 Å². The van der Waals surface area contributed by atoms with E-state index in [0.717, 1.165) is 31.2 Å². The number of aryl methyl sites for hydroxylation is 1. The molecule has 1 saturated heterocycles. The number of likely N-dealkylation sites (tertiary alicyclic amines) is 1. The molecule has 2 aromatic carbocycles. The number of nitrogens with zero attached hydrogens (tertiary/aromatic N) is 1. The lowest BCUT2D eigenvalue weighted by Gasteiger charge is -2.41. The van der Waals surface area contributed by atoms with Crippen LogP contribution in [0.25, 0.3) is 0 Å². The normalized spacial score (nSPS) is 19.0. The first-order valence-corrected chi connectivity index (χ1v) is 13.8. The van der Waals surface area contributed by atoms with Gasteiger partial charge in [0, 0.05) is 13.1 Å². The highest BCUT2D eigenvalue weighted by Crippen LogP contribution is 2.46. The molecule has 1 aliphatic heterocycles. The topological polar surface area (TPSA) is 105 Å². The van der Waals surface area contributed by atoms with Crippen molar-refractivity contribution in [2.45, 2.75) is 83.1 Å². The molecule has 2 aliphatic rings. The summed E-state index contributed by atoms with van der Waals surface area (Å²) in [5, 5.41) is 12.8. The van der Waals surface area contributed by atoms with Gasteiger partial charge in [-0.25, -0.2) is 0 Å². The number of hydrogen-bond acceptors (Lipinski definition) is 5. The van der Waals surface area contributed by atoms with Crippen LogP contribution >= 0.6 is 0 Å². The summed E-state index contributed by atoms with van der Waals surface area (Å²) in [6.45, 7) is 7.11. The molecule has 4 N–H and O–H groups in total. The Bertz CT molecular complexity index is 1090. The lowest BCUT2D eigenvalue weighted by Crippen LogP contribution is -2.58. The van der Waals surface area contributed by atoms with Crippen LogP contribution < -0.4 is 11.1 Å². The van der Waals surface area contributed by atoms with Crippen molar-refractivity contribution in [2.24, 2.45) is 11.1 Å². The van der Waals surface area contributed by atoms with Crippen LogP contribution in [-0.2, 0) is 32.8 Å². The Morgan fingerprint density at radius 1 is 1.08 bits per heavy atom. The quantitative estimate of drug-likeness (QED) is 0.445. The van der Waals surface area contributed by atoms with Crippen LogP contribution in [0.15, 0.2) is 54.6 Å². The van der Waals surface area contributed by atoms with Crippen molar-refractivity contribution < 1.29 is 19.4 Å². The van der Waals surface area contributed by atoms with Gasteiger partial charge >= 0.3 is 0 Å². The number of rotatable bonds is 10. The number of ether oxygens (including phenoxy) is 1. The summed E-state index contributed by atoms with van der Waals surface area (Å²) in [5.74, 6) is -0.538. The lowest BCUT2D eigenvalue weighted by atomic mass is 9.74. The summed E-state index contributed by atoms with van der Waals surface area (Å²) in [6.07, 6.45) is 3.85. The summed E-state index contributed by atoms with van der Waals surface area (Å²) >= 11 is 0. The van der Waals surface area contributed by atoms with E-state index in [1.54, 1.807) is 6.92 Å². The SMILES string of the molecule is C[C@@H](O)CC(C)(C)C(N)C(=O)N[C@H](COCc1ccccc1)C(=O)N1CCC2(CCc3ccccc32)CC1. The van der Waals surface area contributed by atoms with Crippen LogP contribution in [0.5, 0.6) is 0 Å².